The molecule has 0 spiro atoms. The van der Waals surface area contributed by atoms with Crippen LogP contribution in [0.1, 0.15) is 18.1 Å². The normalized spacial score (nSPS) is 13.9. The van der Waals surface area contributed by atoms with E-state index in [0.717, 1.165) is 35.5 Å². The number of carbonyl (C=O) groups is 1. The summed E-state index contributed by atoms with van der Waals surface area (Å²) in [6.07, 6.45) is 0.889. The third-order valence-electron chi connectivity index (χ3n) is 2.89. The van der Waals surface area contributed by atoms with E-state index < -0.39 is 0 Å². The Labute approximate surface area is 89.7 Å². The molecule has 0 unspecified atom stereocenters. The molecular weight excluding hydrogens is 190 g/mol. The molecule has 1 aliphatic rings. The molecule has 15 heavy (non-hydrogen) atoms. The van der Waals surface area contributed by atoms with Crippen molar-refractivity contribution in [3.05, 3.63) is 23.3 Å². The van der Waals surface area contributed by atoms with Crippen LogP contribution >= 0.6 is 0 Å². The van der Waals surface area contributed by atoms with E-state index in [1.807, 2.05) is 19.1 Å². The predicted octanol–water partition coefficient (Wildman–Crippen LogP) is 1.91. The van der Waals surface area contributed by atoms with Gasteiger partial charge in [0.05, 0.1) is 12.8 Å². The molecule has 0 N–H and O–H groups in total. The molecule has 1 aromatic carbocycles. The second-order valence-electron chi connectivity index (χ2n) is 3.83. The van der Waals surface area contributed by atoms with Gasteiger partial charge in [0.1, 0.15) is 5.75 Å². The van der Waals surface area contributed by atoms with E-state index in [9.17, 15) is 4.79 Å². The second-order valence-corrected chi connectivity index (χ2v) is 3.83. The van der Waals surface area contributed by atoms with E-state index in [-0.39, 0.29) is 5.91 Å². The van der Waals surface area contributed by atoms with Gasteiger partial charge in [-0.05, 0) is 25.0 Å². The number of ether oxygens (including phenoxy) is 1. The number of amides is 1. The van der Waals surface area contributed by atoms with Crippen molar-refractivity contribution in [2.45, 2.75) is 20.3 Å². The molecule has 0 atom stereocenters. The fourth-order valence-corrected chi connectivity index (χ4v) is 2.18. The lowest BCUT2D eigenvalue weighted by Crippen LogP contribution is -2.25. The van der Waals surface area contributed by atoms with Gasteiger partial charge in [-0.2, -0.15) is 0 Å². The van der Waals surface area contributed by atoms with Crippen LogP contribution in [0.2, 0.25) is 0 Å². The van der Waals surface area contributed by atoms with Gasteiger partial charge in [-0.3, -0.25) is 4.79 Å². The first-order chi connectivity index (χ1) is 7.15. The minimum atomic E-state index is 0.0969. The largest absolute Gasteiger partial charge is 0.496 e. The molecular formula is C12H15NO2. The quantitative estimate of drug-likeness (QED) is 0.701. The predicted molar refractivity (Wildman–Crippen MR) is 59.5 cm³/mol. The van der Waals surface area contributed by atoms with Gasteiger partial charge in [0, 0.05) is 19.0 Å². The minimum Gasteiger partial charge on any atom is -0.496 e. The lowest BCUT2D eigenvalue weighted by Gasteiger charge is -2.16. The molecule has 1 heterocycles. The van der Waals surface area contributed by atoms with Gasteiger partial charge in [-0.1, -0.05) is 6.07 Å². The number of aryl methyl sites for hydroxylation is 1. The summed E-state index contributed by atoms with van der Waals surface area (Å²) in [4.78, 5) is 13.2. The molecule has 3 nitrogen and oxygen atoms in total. The zero-order valence-corrected chi connectivity index (χ0v) is 9.33. The third-order valence-corrected chi connectivity index (χ3v) is 2.89. The van der Waals surface area contributed by atoms with Crippen LogP contribution in [0.3, 0.4) is 0 Å². The van der Waals surface area contributed by atoms with Crippen LogP contribution in [0.5, 0.6) is 5.75 Å². The van der Waals surface area contributed by atoms with E-state index in [1.165, 1.54) is 0 Å². The molecule has 0 radical (unpaired) electrons. The van der Waals surface area contributed by atoms with Gasteiger partial charge in [-0.25, -0.2) is 0 Å². The summed E-state index contributed by atoms with van der Waals surface area (Å²) in [5.74, 6) is 1.02. The molecule has 1 aliphatic heterocycles. The smallest absolute Gasteiger partial charge is 0.223 e. The van der Waals surface area contributed by atoms with Gasteiger partial charge in [0.25, 0.3) is 0 Å². The fourth-order valence-electron chi connectivity index (χ4n) is 2.18. The molecule has 0 fully saturated rings. The summed E-state index contributed by atoms with van der Waals surface area (Å²) in [6, 6.07) is 4.00. The molecule has 2 rings (SSSR count). The Balaban J connectivity index is 2.53. The Kier molecular flexibility index (Phi) is 2.39. The Morgan fingerprint density at radius 2 is 2.20 bits per heavy atom. The molecule has 1 aromatic rings. The summed E-state index contributed by atoms with van der Waals surface area (Å²) in [5.41, 5.74) is 3.29. The van der Waals surface area contributed by atoms with Crippen molar-refractivity contribution in [3.63, 3.8) is 0 Å². The van der Waals surface area contributed by atoms with E-state index in [1.54, 1.807) is 18.9 Å². The van der Waals surface area contributed by atoms with E-state index in [2.05, 4.69) is 0 Å². The molecule has 1 amide bonds. The SMILES string of the molecule is COc1c(C)ccc2c1CCN2C(C)=O. The maximum absolute atomic E-state index is 11.4. The number of hydrogen-bond acceptors (Lipinski definition) is 2. The number of nitrogens with zero attached hydrogens (tertiary/aromatic N) is 1. The van der Waals surface area contributed by atoms with Crippen LogP contribution in [-0.2, 0) is 11.2 Å². The molecule has 0 bridgehead atoms. The summed E-state index contributed by atoms with van der Waals surface area (Å²) in [6.45, 7) is 4.39. The number of methoxy groups -OCH3 is 1. The molecule has 3 heteroatoms. The van der Waals surface area contributed by atoms with E-state index in [0.29, 0.717) is 0 Å². The van der Waals surface area contributed by atoms with Crippen molar-refractivity contribution in [2.75, 3.05) is 18.6 Å². The zero-order valence-electron chi connectivity index (χ0n) is 9.33. The standard InChI is InChI=1S/C12H15NO2/c1-8-4-5-11-10(12(8)15-3)6-7-13(11)9(2)14/h4-5H,6-7H2,1-3H3. The Morgan fingerprint density at radius 1 is 1.47 bits per heavy atom. The van der Waals surface area contributed by atoms with Gasteiger partial charge in [0.15, 0.2) is 0 Å². The van der Waals surface area contributed by atoms with Crippen molar-refractivity contribution >= 4 is 11.6 Å². The van der Waals surface area contributed by atoms with Crippen LogP contribution in [0.15, 0.2) is 12.1 Å². The summed E-state index contributed by atoms with van der Waals surface area (Å²) in [5, 5.41) is 0. The van der Waals surface area contributed by atoms with Crippen molar-refractivity contribution in [3.8, 4) is 5.75 Å². The second kappa shape index (κ2) is 3.57. The van der Waals surface area contributed by atoms with Crippen molar-refractivity contribution in [1.82, 2.24) is 0 Å². The summed E-state index contributed by atoms with van der Waals surface area (Å²) in [7, 11) is 1.68. The lowest BCUT2D eigenvalue weighted by atomic mass is 10.1. The highest BCUT2D eigenvalue weighted by Crippen LogP contribution is 2.37. The van der Waals surface area contributed by atoms with Crippen LogP contribution in [0.25, 0.3) is 0 Å². The first-order valence-electron chi connectivity index (χ1n) is 5.09. The highest BCUT2D eigenvalue weighted by atomic mass is 16.5. The highest BCUT2D eigenvalue weighted by molar-refractivity contribution is 5.94. The molecule has 0 aromatic heterocycles. The number of fused-ring (bicyclic) bond motifs is 1. The first-order valence-corrected chi connectivity index (χ1v) is 5.09. The first kappa shape index (κ1) is 10.0. The molecule has 0 saturated heterocycles. The summed E-state index contributed by atoms with van der Waals surface area (Å²) >= 11 is 0. The zero-order chi connectivity index (χ0) is 11.0. The number of rotatable bonds is 1. The van der Waals surface area contributed by atoms with Gasteiger partial charge >= 0.3 is 0 Å². The van der Waals surface area contributed by atoms with Crippen molar-refractivity contribution in [2.24, 2.45) is 0 Å². The minimum absolute atomic E-state index is 0.0969. The fraction of sp³-hybridized carbons (Fsp3) is 0.417. The van der Waals surface area contributed by atoms with E-state index in [4.69, 9.17) is 4.74 Å². The average molecular weight is 205 g/mol. The number of anilines is 1. The Hall–Kier alpha value is -1.51. The average Bonchev–Trinajstić information content (AvgIpc) is 2.61. The Morgan fingerprint density at radius 3 is 2.80 bits per heavy atom. The van der Waals surface area contributed by atoms with Gasteiger partial charge in [-0.15, -0.1) is 0 Å². The molecule has 80 valence electrons. The van der Waals surface area contributed by atoms with Crippen molar-refractivity contribution < 1.29 is 9.53 Å². The van der Waals surface area contributed by atoms with Crippen LogP contribution < -0.4 is 9.64 Å². The number of benzene rings is 1. The van der Waals surface area contributed by atoms with Crippen molar-refractivity contribution in [1.29, 1.82) is 0 Å². The highest BCUT2D eigenvalue weighted by Gasteiger charge is 2.25. The van der Waals surface area contributed by atoms with E-state index >= 15 is 0 Å². The maximum atomic E-state index is 11.4. The maximum Gasteiger partial charge on any atom is 0.223 e. The lowest BCUT2D eigenvalue weighted by molar-refractivity contribution is -0.116. The van der Waals surface area contributed by atoms with Gasteiger partial charge < -0.3 is 9.64 Å². The van der Waals surface area contributed by atoms with Gasteiger partial charge in [0.2, 0.25) is 5.91 Å². The third kappa shape index (κ3) is 1.48. The number of hydrogen-bond donors (Lipinski definition) is 0. The topological polar surface area (TPSA) is 29.5 Å². The molecule has 0 saturated carbocycles. The van der Waals surface area contributed by atoms with Crippen LogP contribution in [0, 0.1) is 6.92 Å². The summed E-state index contributed by atoms with van der Waals surface area (Å²) < 4.78 is 5.38. The molecule has 0 aliphatic carbocycles. The van der Waals surface area contributed by atoms with Crippen LogP contribution in [0.4, 0.5) is 5.69 Å². The van der Waals surface area contributed by atoms with Crippen LogP contribution in [-0.4, -0.2) is 19.6 Å². The monoisotopic (exact) mass is 205 g/mol. The number of carbonyl (C=O) groups excluding carboxylic acids is 1. The Bertz CT molecular complexity index is 412.